The van der Waals surface area contributed by atoms with Gasteiger partial charge in [-0.3, -0.25) is 4.79 Å². The van der Waals surface area contributed by atoms with Crippen molar-refractivity contribution in [3.05, 3.63) is 29.3 Å². The number of halogens is 2. The molecule has 1 unspecified atom stereocenters. The molecule has 0 aliphatic heterocycles. The topological polar surface area (TPSA) is 55.6 Å². The fourth-order valence-electron chi connectivity index (χ4n) is 1.66. The van der Waals surface area contributed by atoms with Gasteiger partial charge in [-0.2, -0.15) is 0 Å². The zero-order chi connectivity index (χ0) is 14.3. The van der Waals surface area contributed by atoms with E-state index >= 15 is 0 Å². The highest BCUT2D eigenvalue weighted by Crippen LogP contribution is 2.15. The van der Waals surface area contributed by atoms with Crippen molar-refractivity contribution in [2.75, 3.05) is 20.2 Å². The Labute approximate surface area is 131 Å². The number of hydrogen-bond acceptors (Lipinski definition) is 3. The number of ether oxygens (including phenoxy) is 1. The van der Waals surface area contributed by atoms with Crippen LogP contribution in [0.25, 0.3) is 0 Å². The van der Waals surface area contributed by atoms with Gasteiger partial charge in [-0.25, -0.2) is 0 Å². The molecule has 2 N–H and O–H groups in total. The third-order valence-corrected chi connectivity index (χ3v) is 3.05. The van der Waals surface area contributed by atoms with Crippen molar-refractivity contribution < 1.29 is 9.53 Å². The van der Waals surface area contributed by atoms with Crippen LogP contribution >= 0.6 is 24.0 Å². The molecule has 1 aromatic rings. The predicted molar refractivity (Wildman–Crippen MR) is 84.7 cm³/mol. The molecule has 1 atom stereocenters. The van der Waals surface area contributed by atoms with Gasteiger partial charge in [0.15, 0.2) is 0 Å². The number of benzene rings is 1. The summed E-state index contributed by atoms with van der Waals surface area (Å²) in [6.07, 6.45) is 1.61. The maximum atomic E-state index is 11.8. The first-order valence-electron chi connectivity index (χ1n) is 6.43. The largest absolute Gasteiger partial charge is 0.492 e. The van der Waals surface area contributed by atoms with Gasteiger partial charge in [0.05, 0.1) is 12.6 Å². The molecular formula is C14H22Cl2N2O2. The van der Waals surface area contributed by atoms with E-state index in [4.69, 9.17) is 22.1 Å². The number of carbonyl (C=O) groups excluding carboxylic acids is 1. The first-order valence-corrected chi connectivity index (χ1v) is 6.81. The van der Waals surface area contributed by atoms with E-state index in [2.05, 4.69) is 0 Å². The Morgan fingerprint density at radius 3 is 2.55 bits per heavy atom. The first-order chi connectivity index (χ1) is 9.04. The third kappa shape index (κ3) is 6.46. The fraction of sp³-hybridized carbons (Fsp3) is 0.500. The second-order valence-corrected chi connectivity index (χ2v) is 4.89. The number of rotatable bonds is 7. The molecule has 6 heteroatoms. The minimum atomic E-state index is -0.412. The van der Waals surface area contributed by atoms with Crippen LogP contribution in [-0.4, -0.2) is 37.0 Å². The quantitative estimate of drug-likeness (QED) is 0.840. The Bertz CT molecular complexity index is 399. The molecule has 0 fully saturated rings. The fourth-order valence-corrected chi connectivity index (χ4v) is 1.78. The average molecular weight is 321 g/mol. The molecule has 4 nitrogen and oxygen atoms in total. The number of nitrogens with two attached hydrogens (primary N) is 1. The number of likely N-dealkylation sites (N-methyl/N-ethyl adjacent to an activating group) is 1. The van der Waals surface area contributed by atoms with E-state index in [-0.39, 0.29) is 18.3 Å². The van der Waals surface area contributed by atoms with Crippen molar-refractivity contribution in [2.45, 2.75) is 25.8 Å². The van der Waals surface area contributed by atoms with Gasteiger partial charge >= 0.3 is 0 Å². The van der Waals surface area contributed by atoms with E-state index in [0.717, 1.165) is 12.2 Å². The van der Waals surface area contributed by atoms with Gasteiger partial charge in [-0.1, -0.05) is 24.9 Å². The molecule has 0 saturated carbocycles. The van der Waals surface area contributed by atoms with E-state index in [0.29, 0.717) is 24.6 Å². The summed E-state index contributed by atoms with van der Waals surface area (Å²) in [5, 5.41) is 0.671. The van der Waals surface area contributed by atoms with Gasteiger partial charge in [0.25, 0.3) is 0 Å². The summed E-state index contributed by atoms with van der Waals surface area (Å²) in [5.41, 5.74) is 5.78. The second kappa shape index (κ2) is 9.86. The Morgan fingerprint density at radius 1 is 1.40 bits per heavy atom. The Kier molecular flexibility index (Phi) is 9.38. The normalized spacial score (nSPS) is 11.4. The maximum absolute atomic E-state index is 11.8. The highest BCUT2D eigenvalue weighted by molar-refractivity contribution is 6.30. The van der Waals surface area contributed by atoms with Crippen LogP contribution in [0.5, 0.6) is 5.75 Å². The van der Waals surface area contributed by atoms with E-state index in [1.165, 1.54) is 0 Å². The molecule has 114 valence electrons. The Morgan fingerprint density at radius 2 is 2.00 bits per heavy atom. The molecule has 1 rings (SSSR count). The van der Waals surface area contributed by atoms with Crippen molar-refractivity contribution >= 4 is 29.9 Å². The molecule has 20 heavy (non-hydrogen) atoms. The lowest BCUT2D eigenvalue weighted by atomic mass is 10.1. The maximum Gasteiger partial charge on any atom is 0.239 e. The van der Waals surface area contributed by atoms with E-state index in [9.17, 15) is 4.79 Å². The summed E-state index contributed by atoms with van der Waals surface area (Å²) >= 11 is 5.78. The van der Waals surface area contributed by atoms with Gasteiger partial charge in [0, 0.05) is 12.1 Å². The minimum Gasteiger partial charge on any atom is -0.492 e. The van der Waals surface area contributed by atoms with Crippen molar-refractivity contribution in [3.63, 3.8) is 0 Å². The number of amides is 1. The van der Waals surface area contributed by atoms with E-state index < -0.39 is 6.04 Å². The van der Waals surface area contributed by atoms with E-state index in [1.807, 2.05) is 6.92 Å². The molecule has 1 aromatic carbocycles. The van der Waals surface area contributed by atoms with Crippen LogP contribution in [-0.2, 0) is 4.79 Å². The number of carbonyl (C=O) groups is 1. The van der Waals surface area contributed by atoms with Gasteiger partial charge in [-0.05, 0) is 30.7 Å². The van der Waals surface area contributed by atoms with Crippen LogP contribution in [0.4, 0.5) is 0 Å². The summed E-state index contributed by atoms with van der Waals surface area (Å²) in [6.45, 7) is 2.96. The summed E-state index contributed by atoms with van der Waals surface area (Å²) in [6, 6.07) is 6.72. The molecule has 0 bridgehead atoms. The van der Waals surface area contributed by atoms with Crippen molar-refractivity contribution in [1.29, 1.82) is 0 Å². The number of hydrogen-bond donors (Lipinski definition) is 1. The van der Waals surface area contributed by atoms with Gasteiger partial charge < -0.3 is 15.4 Å². The standard InChI is InChI=1S/C14H21ClN2O2.ClH/c1-3-4-13(16)14(18)17(2)9-10-19-12-7-5-11(15)6-8-12;/h5-8,13H,3-4,9-10,16H2,1-2H3;1H. The van der Waals surface area contributed by atoms with Gasteiger partial charge in [-0.15, -0.1) is 12.4 Å². The summed E-state index contributed by atoms with van der Waals surface area (Å²) in [4.78, 5) is 13.5. The zero-order valence-corrected chi connectivity index (χ0v) is 13.4. The molecule has 0 saturated heterocycles. The molecule has 1 amide bonds. The summed E-state index contributed by atoms with van der Waals surface area (Å²) < 4.78 is 5.53. The van der Waals surface area contributed by atoms with Crippen molar-refractivity contribution in [2.24, 2.45) is 5.73 Å². The molecule has 0 heterocycles. The Balaban J connectivity index is 0.00000361. The molecular weight excluding hydrogens is 299 g/mol. The molecule has 0 aliphatic carbocycles. The third-order valence-electron chi connectivity index (χ3n) is 2.80. The zero-order valence-electron chi connectivity index (χ0n) is 11.8. The first kappa shape index (κ1) is 19.0. The van der Waals surface area contributed by atoms with E-state index in [1.54, 1.807) is 36.2 Å². The monoisotopic (exact) mass is 320 g/mol. The molecule has 0 spiro atoms. The van der Waals surface area contributed by atoms with Crippen LogP contribution in [0.3, 0.4) is 0 Å². The molecule has 0 aromatic heterocycles. The van der Waals surface area contributed by atoms with Crippen LogP contribution in [0.15, 0.2) is 24.3 Å². The van der Waals surface area contributed by atoms with Crippen LogP contribution in [0, 0.1) is 0 Å². The lowest BCUT2D eigenvalue weighted by Crippen LogP contribution is -2.43. The number of nitrogens with zero attached hydrogens (tertiary/aromatic N) is 1. The van der Waals surface area contributed by atoms with Crippen molar-refractivity contribution in [3.8, 4) is 5.75 Å². The average Bonchev–Trinajstić information content (AvgIpc) is 2.40. The predicted octanol–water partition coefficient (Wildman–Crippen LogP) is 2.73. The van der Waals surface area contributed by atoms with Crippen LogP contribution in [0.1, 0.15) is 19.8 Å². The molecule has 0 radical (unpaired) electrons. The smallest absolute Gasteiger partial charge is 0.239 e. The second-order valence-electron chi connectivity index (χ2n) is 4.46. The lowest BCUT2D eigenvalue weighted by molar-refractivity contribution is -0.131. The Hall–Kier alpha value is -0.970. The highest BCUT2D eigenvalue weighted by atomic mass is 35.5. The van der Waals surface area contributed by atoms with Gasteiger partial charge in [0.1, 0.15) is 12.4 Å². The van der Waals surface area contributed by atoms with Crippen molar-refractivity contribution in [1.82, 2.24) is 4.90 Å². The highest BCUT2D eigenvalue weighted by Gasteiger charge is 2.16. The SMILES string of the molecule is CCCC(N)C(=O)N(C)CCOc1ccc(Cl)cc1.Cl. The molecule has 0 aliphatic rings. The minimum absolute atomic E-state index is 0. The summed E-state index contributed by atoms with van der Waals surface area (Å²) in [5.74, 6) is 0.699. The summed E-state index contributed by atoms with van der Waals surface area (Å²) in [7, 11) is 1.74. The van der Waals surface area contributed by atoms with Crippen LogP contribution < -0.4 is 10.5 Å². The van der Waals surface area contributed by atoms with Gasteiger partial charge in [0.2, 0.25) is 5.91 Å². The lowest BCUT2D eigenvalue weighted by Gasteiger charge is -2.21. The van der Waals surface area contributed by atoms with Crippen LogP contribution in [0.2, 0.25) is 5.02 Å².